The van der Waals surface area contributed by atoms with Crippen LogP contribution in [-0.4, -0.2) is 26.8 Å². The molecule has 4 rings (SSSR count). The number of hydrogen-bond acceptors (Lipinski definition) is 4. The Morgan fingerprint density at radius 1 is 0.971 bits per heavy atom. The van der Waals surface area contributed by atoms with Crippen LogP contribution in [0, 0.1) is 5.82 Å². The molecule has 3 aromatic rings. The van der Waals surface area contributed by atoms with Gasteiger partial charge in [0, 0.05) is 30.8 Å². The lowest BCUT2D eigenvalue weighted by molar-refractivity contribution is -0.119. The van der Waals surface area contributed by atoms with Crippen LogP contribution in [-0.2, 0) is 21.4 Å². The van der Waals surface area contributed by atoms with E-state index in [1.807, 2.05) is 24.3 Å². The predicted octanol–water partition coefficient (Wildman–Crippen LogP) is 4.07. The number of amides is 2. The Kier molecular flexibility index (Phi) is 6.93. The maximum atomic E-state index is 13.9. The van der Waals surface area contributed by atoms with Crippen molar-refractivity contribution in [3.8, 4) is 0 Å². The first kappa shape index (κ1) is 23.4. The number of anilines is 2. The molecule has 0 atom stereocenters. The maximum Gasteiger partial charge on any atom is 0.262 e. The highest BCUT2D eigenvalue weighted by atomic mass is 32.2. The Bertz CT molecular complexity index is 1330. The monoisotopic (exact) mass is 481 g/mol. The molecule has 1 heterocycles. The van der Waals surface area contributed by atoms with Gasteiger partial charge in [-0.1, -0.05) is 30.3 Å². The van der Waals surface area contributed by atoms with Crippen molar-refractivity contribution in [2.75, 3.05) is 16.2 Å². The number of nitrogens with one attached hydrogen (secondary N) is 2. The Balaban J connectivity index is 1.44. The lowest BCUT2D eigenvalue weighted by atomic mass is 10.1. The van der Waals surface area contributed by atoms with E-state index in [0.717, 1.165) is 30.2 Å². The molecule has 0 saturated carbocycles. The number of para-hydroxylation sites is 1. The number of carbonyl (C=O) groups excluding carboxylic acids is 2. The second-order valence-electron chi connectivity index (χ2n) is 7.97. The van der Waals surface area contributed by atoms with E-state index in [-0.39, 0.29) is 28.6 Å². The first-order valence-corrected chi connectivity index (χ1v) is 12.4. The van der Waals surface area contributed by atoms with Crippen LogP contribution in [0.3, 0.4) is 0 Å². The Morgan fingerprint density at radius 2 is 1.76 bits per heavy atom. The molecule has 2 amide bonds. The van der Waals surface area contributed by atoms with E-state index in [2.05, 4.69) is 10.0 Å². The summed E-state index contributed by atoms with van der Waals surface area (Å²) in [6.45, 7) is 0.885. The molecule has 0 bridgehead atoms. The fourth-order valence-corrected chi connectivity index (χ4v) is 4.86. The van der Waals surface area contributed by atoms with Crippen LogP contribution < -0.4 is 14.9 Å². The molecule has 3 aromatic carbocycles. The van der Waals surface area contributed by atoms with Crippen molar-refractivity contribution in [3.63, 3.8) is 0 Å². The van der Waals surface area contributed by atoms with Gasteiger partial charge in [0.2, 0.25) is 5.91 Å². The van der Waals surface area contributed by atoms with Crippen molar-refractivity contribution >= 4 is 33.2 Å². The third-order valence-corrected chi connectivity index (χ3v) is 6.89. The lowest BCUT2D eigenvalue weighted by Gasteiger charge is -2.27. The van der Waals surface area contributed by atoms with Gasteiger partial charge in [-0.05, 0) is 60.9 Å². The second-order valence-corrected chi connectivity index (χ2v) is 9.65. The van der Waals surface area contributed by atoms with Crippen LogP contribution in [0.25, 0.3) is 0 Å². The van der Waals surface area contributed by atoms with Gasteiger partial charge in [-0.25, -0.2) is 12.8 Å². The highest BCUT2D eigenvalue weighted by molar-refractivity contribution is 7.92. The molecule has 0 aliphatic carbocycles. The molecule has 1 saturated heterocycles. The predicted molar refractivity (Wildman–Crippen MR) is 127 cm³/mol. The quantitative estimate of drug-likeness (QED) is 0.532. The smallest absolute Gasteiger partial charge is 0.262 e. The van der Waals surface area contributed by atoms with Gasteiger partial charge in [-0.15, -0.1) is 0 Å². The number of hydrogen-bond donors (Lipinski definition) is 2. The summed E-state index contributed by atoms with van der Waals surface area (Å²) in [4.78, 5) is 26.5. The van der Waals surface area contributed by atoms with E-state index in [1.54, 1.807) is 4.90 Å². The molecule has 9 heteroatoms. The molecular formula is C25H24FN3O4S. The summed E-state index contributed by atoms with van der Waals surface area (Å²) in [6.07, 6.45) is 2.39. The first-order valence-electron chi connectivity index (χ1n) is 10.9. The highest BCUT2D eigenvalue weighted by Gasteiger charge is 2.20. The summed E-state index contributed by atoms with van der Waals surface area (Å²) in [5.41, 5.74) is 1.58. The van der Waals surface area contributed by atoms with Gasteiger partial charge >= 0.3 is 0 Å². The average molecular weight is 482 g/mol. The van der Waals surface area contributed by atoms with Gasteiger partial charge in [-0.3, -0.25) is 14.3 Å². The van der Waals surface area contributed by atoms with Gasteiger partial charge < -0.3 is 10.2 Å². The summed E-state index contributed by atoms with van der Waals surface area (Å²) in [5, 5.41) is 2.78. The molecule has 2 N–H and O–H groups in total. The van der Waals surface area contributed by atoms with Crippen molar-refractivity contribution < 1.29 is 22.4 Å². The average Bonchev–Trinajstić information content (AvgIpc) is 2.84. The van der Waals surface area contributed by atoms with Gasteiger partial charge in [0.05, 0.1) is 10.6 Å². The number of benzene rings is 3. The molecule has 0 aromatic heterocycles. The van der Waals surface area contributed by atoms with Crippen LogP contribution >= 0.6 is 0 Å². The normalized spacial score (nSPS) is 14.0. The number of piperidine rings is 1. The molecule has 7 nitrogen and oxygen atoms in total. The number of halogens is 1. The van der Waals surface area contributed by atoms with E-state index in [4.69, 9.17) is 0 Å². The maximum absolute atomic E-state index is 13.9. The fourth-order valence-electron chi connectivity index (χ4n) is 3.75. The zero-order chi connectivity index (χ0) is 24.1. The van der Waals surface area contributed by atoms with Crippen molar-refractivity contribution in [2.24, 2.45) is 0 Å². The Morgan fingerprint density at radius 3 is 2.56 bits per heavy atom. The third-order valence-electron chi connectivity index (χ3n) is 5.52. The van der Waals surface area contributed by atoms with E-state index < -0.39 is 21.7 Å². The molecule has 0 spiro atoms. The number of carbonyl (C=O) groups is 2. The molecule has 34 heavy (non-hydrogen) atoms. The minimum Gasteiger partial charge on any atom is -0.348 e. The molecule has 1 aliphatic heterocycles. The van der Waals surface area contributed by atoms with Crippen molar-refractivity contribution in [1.82, 2.24) is 5.32 Å². The lowest BCUT2D eigenvalue weighted by Crippen LogP contribution is -2.35. The molecule has 0 unspecified atom stereocenters. The Hall–Kier alpha value is -3.72. The van der Waals surface area contributed by atoms with Gasteiger partial charge in [0.1, 0.15) is 5.82 Å². The molecule has 0 radical (unpaired) electrons. The van der Waals surface area contributed by atoms with E-state index in [0.29, 0.717) is 13.0 Å². The summed E-state index contributed by atoms with van der Waals surface area (Å²) in [7, 11) is -4.09. The molecule has 176 valence electrons. The Labute approximate surface area is 197 Å². The topological polar surface area (TPSA) is 95.6 Å². The highest BCUT2D eigenvalue weighted by Crippen LogP contribution is 2.22. The molecule has 1 fully saturated rings. The summed E-state index contributed by atoms with van der Waals surface area (Å²) < 4.78 is 41.4. The number of rotatable bonds is 7. The summed E-state index contributed by atoms with van der Waals surface area (Å²) in [5.74, 6) is -1.06. The fraction of sp³-hybridized carbons (Fsp3) is 0.200. The van der Waals surface area contributed by atoms with Crippen molar-refractivity contribution in [2.45, 2.75) is 30.7 Å². The first-order chi connectivity index (χ1) is 16.3. The van der Waals surface area contributed by atoms with E-state index in [9.17, 15) is 22.4 Å². The van der Waals surface area contributed by atoms with Crippen LogP contribution in [0.2, 0.25) is 0 Å². The number of nitrogens with zero attached hydrogens (tertiary/aromatic N) is 1. The molecule has 1 aliphatic rings. The van der Waals surface area contributed by atoms with Crippen LogP contribution in [0.15, 0.2) is 77.7 Å². The summed E-state index contributed by atoms with van der Waals surface area (Å²) >= 11 is 0. The summed E-state index contributed by atoms with van der Waals surface area (Å²) in [6, 6.07) is 18.4. The minimum atomic E-state index is -4.09. The third kappa shape index (κ3) is 5.43. The zero-order valence-electron chi connectivity index (χ0n) is 18.3. The van der Waals surface area contributed by atoms with E-state index >= 15 is 0 Å². The van der Waals surface area contributed by atoms with Crippen LogP contribution in [0.1, 0.15) is 35.2 Å². The van der Waals surface area contributed by atoms with E-state index in [1.165, 1.54) is 42.5 Å². The largest absolute Gasteiger partial charge is 0.348 e. The molecular weight excluding hydrogens is 457 g/mol. The minimum absolute atomic E-state index is 0.0921. The van der Waals surface area contributed by atoms with Crippen LogP contribution in [0.5, 0.6) is 0 Å². The van der Waals surface area contributed by atoms with Crippen molar-refractivity contribution in [3.05, 3.63) is 89.7 Å². The standard InChI is InChI=1S/C25H24FN3O4S/c26-22-11-1-2-12-23(22)28-34(32,33)21-10-6-8-19(16-21)25(31)27-17-18-7-5-9-20(15-18)29-14-4-3-13-24(29)30/h1-2,5-12,15-16,28H,3-4,13-14,17H2,(H,27,31). The van der Waals surface area contributed by atoms with Gasteiger partial charge in [-0.2, -0.15) is 0 Å². The SMILES string of the molecule is O=C(NCc1cccc(N2CCCCC2=O)c1)c1cccc(S(=O)(=O)Nc2ccccc2F)c1. The zero-order valence-corrected chi connectivity index (χ0v) is 19.1. The number of sulfonamides is 1. The second kappa shape index (κ2) is 10.0. The van der Waals surface area contributed by atoms with Gasteiger partial charge in [0.15, 0.2) is 0 Å². The van der Waals surface area contributed by atoms with Crippen molar-refractivity contribution in [1.29, 1.82) is 0 Å². The van der Waals surface area contributed by atoms with Crippen LogP contribution in [0.4, 0.5) is 15.8 Å². The van der Waals surface area contributed by atoms with Gasteiger partial charge in [0.25, 0.3) is 15.9 Å².